The molecule has 5 heteroatoms. The number of piperidine rings is 1. The van der Waals surface area contributed by atoms with Crippen molar-refractivity contribution in [1.29, 1.82) is 0 Å². The molecule has 0 saturated carbocycles. The third kappa shape index (κ3) is 4.26. The molecule has 0 bridgehead atoms. The van der Waals surface area contributed by atoms with E-state index in [4.69, 9.17) is 0 Å². The van der Waals surface area contributed by atoms with Crippen molar-refractivity contribution in [3.05, 3.63) is 85.1 Å². The highest BCUT2D eigenvalue weighted by Gasteiger charge is 2.26. The lowest BCUT2D eigenvalue weighted by Gasteiger charge is -2.33. The molecule has 1 aliphatic rings. The molecular weight excluding hydrogens is 384 g/mol. The highest BCUT2D eigenvalue weighted by molar-refractivity contribution is 5.92. The van der Waals surface area contributed by atoms with Crippen molar-refractivity contribution in [2.24, 2.45) is 5.92 Å². The van der Waals surface area contributed by atoms with Gasteiger partial charge in [-0.15, -0.1) is 0 Å². The highest BCUT2D eigenvalue weighted by Crippen LogP contribution is 2.28. The summed E-state index contributed by atoms with van der Waals surface area (Å²) in [4.78, 5) is 23.9. The molecule has 154 valence electrons. The summed E-state index contributed by atoms with van der Waals surface area (Å²) in [5.74, 6) is 0.360. The van der Waals surface area contributed by atoms with Crippen molar-refractivity contribution < 1.29 is 4.79 Å². The summed E-state index contributed by atoms with van der Waals surface area (Å²) in [5, 5.41) is 3.87. The van der Waals surface area contributed by atoms with E-state index in [1.807, 2.05) is 30.3 Å². The molecule has 5 rings (SSSR count). The van der Waals surface area contributed by atoms with E-state index in [1.54, 1.807) is 6.20 Å². The predicted molar refractivity (Wildman–Crippen MR) is 125 cm³/mol. The second kappa shape index (κ2) is 8.56. The molecular formula is C26H24N4O. The van der Waals surface area contributed by atoms with Gasteiger partial charge in [0.1, 0.15) is 0 Å². The molecule has 3 aromatic carbocycles. The number of fused-ring (bicyclic) bond motifs is 1. The zero-order chi connectivity index (χ0) is 21.0. The number of carbonyl (C=O) groups is 1. The molecule has 0 spiro atoms. The number of anilines is 2. The van der Waals surface area contributed by atoms with Gasteiger partial charge in [0, 0.05) is 36.3 Å². The number of amides is 1. The first kappa shape index (κ1) is 19.2. The van der Waals surface area contributed by atoms with E-state index in [9.17, 15) is 4.79 Å². The van der Waals surface area contributed by atoms with Gasteiger partial charge in [-0.2, -0.15) is 0 Å². The smallest absolute Gasteiger partial charge is 0.229 e. The van der Waals surface area contributed by atoms with Crippen molar-refractivity contribution in [3.63, 3.8) is 0 Å². The Morgan fingerprint density at radius 3 is 2.45 bits per heavy atom. The zero-order valence-electron chi connectivity index (χ0n) is 17.2. The Labute approximate surface area is 181 Å². The number of nitrogens with one attached hydrogen (secondary N) is 1. The van der Waals surface area contributed by atoms with E-state index in [1.165, 1.54) is 16.8 Å². The molecule has 0 radical (unpaired) electrons. The lowest BCUT2D eigenvalue weighted by atomic mass is 9.95. The van der Waals surface area contributed by atoms with Gasteiger partial charge in [0.2, 0.25) is 11.9 Å². The van der Waals surface area contributed by atoms with Gasteiger partial charge >= 0.3 is 0 Å². The number of nitrogens with zero attached hydrogens (tertiary/aromatic N) is 3. The second-order valence-corrected chi connectivity index (χ2v) is 7.92. The van der Waals surface area contributed by atoms with Crippen LogP contribution in [0.25, 0.3) is 22.0 Å². The fourth-order valence-electron chi connectivity index (χ4n) is 4.16. The van der Waals surface area contributed by atoms with Crippen molar-refractivity contribution in [2.45, 2.75) is 12.8 Å². The minimum absolute atomic E-state index is 0.00738. The van der Waals surface area contributed by atoms with Crippen LogP contribution in [-0.2, 0) is 4.79 Å². The van der Waals surface area contributed by atoms with Gasteiger partial charge in [-0.3, -0.25) is 10.1 Å². The van der Waals surface area contributed by atoms with Crippen LogP contribution in [0.15, 0.2) is 85.1 Å². The third-order valence-corrected chi connectivity index (χ3v) is 5.91. The van der Waals surface area contributed by atoms with Crippen LogP contribution in [0.4, 0.5) is 11.6 Å². The Balaban J connectivity index is 1.22. The first-order valence-corrected chi connectivity index (χ1v) is 10.7. The maximum atomic E-state index is 12.8. The molecule has 31 heavy (non-hydrogen) atoms. The minimum Gasteiger partial charge on any atom is -0.371 e. The van der Waals surface area contributed by atoms with Crippen LogP contribution in [0.2, 0.25) is 0 Å². The number of hydrogen-bond acceptors (Lipinski definition) is 4. The van der Waals surface area contributed by atoms with Crippen LogP contribution in [0.3, 0.4) is 0 Å². The zero-order valence-corrected chi connectivity index (χ0v) is 17.2. The Kier molecular flexibility index (Phi) is 5.31. The number of carbonyl (C=O) groups excluding carboxylic acids is 1. The average Bonchev–Trinajstić information content (AvgIpc) is 2.85. The molecule has 1 amide bonds. The van der Waals surface area contributed by atoms with Crippen LogP contribution in [-0.4, -0.2) is 29.0 Å². The minimum atomic E-state index is -0.0244. The van der Waals surface area contributed by atoms with Crippen molar-refractivity contribution >= 4 is 28.4 Å². The topological polar surface area (TPSA) is 58.1 Å². The van der Waals surface area contributed by atoms with Gasteiger partial charge in [-0.25, -0.2) is 9.97 Å². The normalized spacial score (nSPS) is 14.5. The molecule has 1 aromatic heterocycles. The Morgan fingerprint density at radius 2 is 1.61 bits per heavy atom. The summed E-state index contributed by atoms with van der Waals surface area (Å²) in [6, 6.07) is 26.8. The molecule has 1 N–H and O–H groups in total. The highest BCUT2D eigenvalue weighted by atomic mass is 16.2. The molecule has 1 saturated heterocycles. The van der Waals surface area contributed by atoms with E-state index < -0.39 is 0 Å². The molecule has 0 aliphatic carbocycles. The first-order chi connectivity index (χ1) is 15.3. The summed E-state index contributed by atoms with van der Waals surface area (Å²) in [5.41, 5.74) is 4.47. The van der Waals surface area contributed by atoms with E-state index >= 15 is 0 Å². The van der Waals surface area contributed by atoms with Gasteiger partial charge in [-0.05, 0) is 42.2 Å². The SMILES string of the molecule is O=C(Nc1ncc2ccccc2n1)C1CCN(c2cccc(-c3ccccc3)c2)CC1. The lowest BCUT2D eigenvalue weighted by Crippen LogP contribution is -2.38. The van der Waals surface area contributed by atoms with Gasteiger partial charge in [0.15, 0.2) is 0 Å². The maximum Gasteiger partial charge on any atom is 0.229 e. The molecule has 0 atom stereocenters. The van der Waals surface area contributed by atoms with Gasteiger partial charge in [0.05, 0.1) is 5.52 Å². The Hall–Kier alpha value is -3.73. The average molecular weight is 409 g/mol. The maximum absolute atomic E-state index is 12.8. The number of hydrogen-bond donors (Lipinski definition) is 1. The Bertz CT molecular complexity index is 1200. The van der Waals surface area contributed by atoms with Crippen LogP contribution in [0, 0.1) is 5.92 Å². The van der Waals surface area contributed by atoms with Crippen molar-refractivity contribution in [2.75, 3.05) is 23.3 Å². The van der Waals surface area contributed by atoms with Crippen LogP contribution in [0.5, 0.6) is 0 Å². The van der Waals surface area contributed by atoms with Crippen LogP contribution >= 0.6 is 0 Å². The number of benzene rings is 3. The molecule has 5 nitrogen and oxygen atoms in total. The summed E-state index contributed by atoms with van der Waals surface area (Å²) >= 11 is 0. The summed E-state index contributed by atoms with van der Waals surface area (Å²) in [6.07, 6.45) is 3.38. The van der Waals surface area contributed by atoms with Crippen LogP contribution < -0.4 is 10.2 Å². The standard InChI is InChI=1S/C26H24N4O/c31-25(29-26-27-18-22-9-4-5-12-24(22)28-26)20-13-15-30(16-14-20)23-11-6-10-21(17-23)19-7-2-1-3-8-19/h1-12,17-18,20H,13-16H2,(H,27,28,29,31). The summed E-state index contributed by atoms with van der Waals surface area (Å²) in [6.45, 7) is 1.71. The van der Waals surface area contributed by atoms with Crippen molar-refractivity contribution in [3.8, 4) is 11.1 Å². The molecule has 1 aliphatic heterocycles. The quantitative estimate of drug-likeness (QED) is 0.507. The number of para-hydroxylation sites is 1. The van der Waals surface area contributed by atoms with E-state index in [0.717, 1.165) is 36.8 Å². The van der Waals surface area contributed by atoms with Crippen LogP contribution in [0.1, 0.15) is 12.8 Å². The molecule has 2 heterocycles. The molecule has 0 unspecified atom stereocenters. The van der Waals surface area contributed by atoms with Gasteiger partial charge < -0.3 is 4.90 Å². The van der Waals surface area contributed by atoms with Gasteiger partial charge in [0.25, 0.3) is 0 Å². The monoisotopic (exact) mass is 408 g/mol. The second-order valence-electron chi connectivity index (χ2n) is 7.92. The Morgan fingerprint density at radius 1 is 0.871 bits per heavy atom. The van der Waals surface area contributed by atoms with Crippen molar-refractivity contribution in [1.82, 2.24) is 9.97 Å². The van der Waals surface area contributed by atoms with Gasteiger partial charge in [-0.1, -0.05) is 60.7 Å². The van der Waals surface area contributed by atoms with E-state index in [-0.39, 0.29) is 11.8 Å². The fraction of sp³-hybridized carbons (Fsp3) is 0.192. The third-order valence-electron chi connectivity index (χ3n) is 5.91. The summed E-state index contributed by atoms with van der Waals surface area (Å²) in [7, 11) is 0. The largest absolute Gasteiger partial charge is 0.371 e. The van der Waals surface area contributed by atoms with E-state index in [2.05, 4.69) is 68.7 Å². The fourth-order valence-corrected chi connectivity index (χ4v) is 4.16. The number of rotatable bonds is 4. The predicted octanol–water partition coefficient (Wildman–Crippen LogP) is 5.15. The number of aromatic nitrogens is 2. The molecule has 1 fully saturated rings. The summed E-state index contributed by atoms with van der Waals surface area (Å²) < 4.78 is 0. The first-order valence-electron chi connectivity index (χ1n) is 10.7. The van der Waals surface area contributed by atoms with E-state index in [0.29, 0.717) is 5.95 Å². The lowest BCUT2D eigenvalue weighted by molar-refractivity contribution is -0.120. The molecule has 4 aromatic rings.